The molecule has 4 heterocycles. The predicted molar refractivity (Wildman–Crippen MR) is 90.7 cm³/mol. The van der Waals surface area contributed by atoms with Crippen molar-refractivity contribution in [3.63, 3.8) is 0 Å². The van der Waals surface area contributed by atoms with Crippen LogP contribution in [0.1, 0.15) is 26.6 Å². The van der Waals surface area contributed by atoms with Gasteiger partial charge in [0.15, 0.2) is 5.82 Å². The number of amides is 1. The van der Waals surface area contributed by atoms with Crippen molar-refractivity contribution < 1.29 is 14.1 Å². The molecule has 0 fully saturated rings. The highest BCUT2D eigenvalue weighted by atomic mass is 32.1. The normalized spacial score (nSPS) is 13.5. The van der Waals surface area contributed by atoms with Gasteiger partial charge in [-0.15, -0.1) is 11.3 Å². The van der Waals surface area contributed by atoms with E-state index in [9.17, 15) is 9.59 Å². The molecule has 8 nitrogen and oxygen atoms in total. The van der Waals surface area contributed by atoms with E-state index < -0.39 is 11.5 Å². The molecule has 2 N–H and O–H groups in total. The Bertz CT molecular complexity index is 1000. The van der Waals surface area contributed by atoms with Gasteiger partial charge in [-0.1, -0.05) is 5.16 Å². The number of nitrogens with one attached hydrogen (secondary N) is 2. The van der Waals surface area contributed by atoms with Gasteiger partial charge < -0.3 is 19.6 Å². The Hall–Kier alpha value is -2.78. The van der Waals surface area contributed by atoms with Crippen LogP contribution in [0.2, 0.25) is 0 Å². The minimum absolute atomic E-state index is 0.0396. The van der Waals surface area contributed by atoms with Gasteiger partial charge in [0.2, 0.25) is 0 Å². The number of aryl methyl sites for hydroxylation is 1. The summed E-state index contributed by atoms with van der Waals surface area (Å²) in [4.78, 5) is 32.1. The standard InChI is InChI=1S/C16H14N4O4S/c1-8-18-15(24-20-8)12-9-4-6-23-7-11(9)25-16(12)19-14(22)10-3-2-5-17-13(10)21/h2-3,5H,4,6-7H2,1H3,(H,17,21)(H,19,22). The monoisotopic (exact) mass is 358 g/mol. The van der Waals surface area contributed by atoms with E-state index in [1.807, 2.05) is 0 Å². The molecule has 4 rings (SSSR count). The molecule has 0 saturated heterocycles. The minimum Gasteiger partial charge on any atom is -0.376 e. The molecule has 0 aromatic carbocycles. The van der Waals surface area contributed by atoms with Gasteiger partial charge in [0.1, 0.15) is 10.6 Å². The Morgan fingerprint density at radius 3 is 3.08 bits per heavy atom. The third-order valence-electron chi connectivity index (χ3n) is 3.85. The Morgan fingerprint density at radius 1 is 1.44 bits per heavy atom. The van der Waals surface area contributed by atoms with Crippen LogP contribution in [0.5, 0.6) is 0 Å². The van der Waals surface area contributed by atoms with E-state index in [1.54, 1.807) is 13.0 Å². The van der Waals surface area contributed by atoms with Gasteiger partial charge in [-0.3, -0.25) is 9.59 Å². The average molecular weight is 358 g/mol. The highest BCUT2D eigenvalue weighted by Gasteiger charge is 2.27. The van der Waals surface area contributed by atoms with Crippen LogP contribution in [0, 0.1) is 6.92 Å². The first-order valence-corrected chi connectivity index (χ1v) is 8.47. The molecular formula is C16H14N4O4S. The number of H-pyrrole nitrogens is 1. The van der Waals surface area contributed by atoms with Gasteiger partial charge >= 0.3 is 0 Å². The fraction of sp³-hybridized carbons (Fsp3) is 0.250. The van der Waals surface area contributed by atoms with Gasteiger partial charge in [0.25, 0.3) is 17.4 Å². The second-order valence-corrected chi connectivity index (χ2v) is 6.63. The summed E-state index contributed by atoms with van der Waals surface area (Å²) in [6.07, 6.45) is 2.18. The molecule has 0 saturated carbocycles. The third-order valence-corrected chi connectivity index (χ3v) is 4.97. The molecule has 3 aromatic rings. The zero-order chi connectivity index (χ0) is 17.4. The summed E-state index contributed by atoms with van der Waals surface area (Å²) < 4.78 is 10.8. The number of hydrogen-bond acceptors (Lipinski definition) is 7. The maximum absolute atomic E-state index is 12.5. The lowest BCUT2D eigenvalue weighted by Crippen LogP contribution is -2.22. The maximum Gasteiger partial charge on any atom is 0.261 e. The molecule has 0 unspecified atom stereocenters. The van der Waals surface area contributed by atoms with Crippen LogP contribution in [0.4, 0.5) is 5.00 Å². The summed E-state index contributed by atoms with van der Waals surface area (Å²) in [5.41, 5.74) is 1.35. The van der Waals surface area contributed by atoms with Crippen LogP contribution in [0.25, 0.3) is 11.5 Å². The first kappa shape index (κ1) is 15.7. The zero-order valence-corrected chi connectivity index (χ0v) is 14.1. The van der Waals surface area contributed by atoms with E-state index in [0.717, 1.165) is 10.4 Å². The Labute approximate surface area is 145 Å². The Kier molecular flexibility index (Phi) is 3.94. The number of nitrogens with zero attached hydrogens (tertiary/aromatic N) is 2. The van der Waals surface area contributed by atoms with Crippen molar-refractivity contribution in [1.29, 1.82) is 0 Å². The number of carbonyl (C=O) groups excluding carboxylic acids is 1. The highest BCUT2D eigenvalue weighted by molar-refractivity contribution is 7.17. The molecule has 0 radical (unpaired) electrons. The van der Waals surface area contributed by atoms with E-state index in [1.165, 1.54) is 23.6 Å². The fourth-order valence-corrected chi connectivity index (χ4v) is 3.89. The first-order valence-electron chi connectivity index (χ1n) is 7.65. The number of anilines is 1. The fourth-order valence-electron chi connectivity index (χ4n) is 2.72. The number of thiophene rings is 1. The Balaban J connectivity index is 1.77. The highest BCUT2D eigenvalue weighted by Crippen LogP contribution is 2.42. The van der Waals surface area contributed by atoms with Crippen molar-refractivity contribution in [3.8, 4) is 11.5 Å². The number of fused-ring (bicyclic) bond motifs is 1. The SMILES string of the molecule is Cc1noc(-c2c(NC(=O)c3ccc[nH]c3=O)sc3c2CCOC3)n1. The summed E-state index contributed by atoms with van der Waals surface area (Å²) in [7, 11) is 0. The summed E-state index contributed by atoms with van der Waals surface area (Å²) >= 11 is 1.40. The summed E-state index contributed by atoms with van der Waals surface area (Å²) in [6, 6.07) is 3.08. The molecule has 1 aliphatic heterocycles. The van der Waals surface area contributed by atoms with Gasteiger partial charge in [-0.2, -0.15) is 4.98 Å². The molecule has 0 aliphatic carbocycles. The molecule has 128 valence electrons. The number of carbonyl (C=O) groups is 1. The molecule has 25 heavy (non-hydrogen) atoms. The molecule has 0 atom stereocenters. The lowest BCUT2D eigenvalue weighted by molar-refractivity contribution is 0.102. The molecular weight excluding hydrogens is 344 g/mol. The number of rotatable bonds is 3. The quantitative estimate of drug-likeness (QED) is 0.742. The second kappa shape index (κ2) is 6.26. The number of ether oxygens (including phenoxy) is 1. The van der Waals surface area contributed by atoms with E-state index in [4.69, 9.17) is 9.26 Å². The average Bonchev–Trinajstić information content (AvgIpc) is 3.17. The predicted octanol–water partition coefficient (Wildman–Crippen LogP) is 2.12. The van der Waals surface area contributed by atoms with Crippen LogP contribution in [0.15, 0.2) is 27.6 Å². The maximum atomic E-state index is 12.5. The first-order chi connectivity index (χ1) is 12.1. The molecule has 0 spiro atoms. The van der Waals surface area contributed by atoms with Crippen molar-refractivity contribution >= 4 is 22.2 Å². The molecule has 9 heteroatoms. The molecule has 3 aromatic heterocycles. The van der Waals surface area contributed by atoms with Gasteiger partial charge in [-0.25, -0.2) is 0 Å². The summed E-state index contributed by atoms with van der Waals surface area (Å²) in [5, 5.41) is 7.22. The van der Waals surface area contributed by atoms with Crippen LogP contribution in [-0.2, 0) is 17.8 Å². The van der Waals surface area contributed by atoms with Crippen molar-refractivity contribution in [2.24, 2.45) is 0 Å². The second-order valence-electron chi connectivity index (χ2n) is 5.52. The zero-order valence-electron chi connectivity index (χ0n) is 13.3. The van der Waals surface area contributed by atoms with E-state index in [2.05, 4.69) is 20.4 Å². The van der Waals surface area contributed by atoms with Crippen LogP contribution < -0.4 is 10.9 Å². The minimum atomic E-state index is -0.487. The third kappa shape index (κ3) is 2.87. The van der Waals surface area contributed by atoms with Gasteiger partial charge in [0, 0.05) is 11.1 Å². The smallest absolute Gasteiger partial charge is 0.261 e. The van der Waals surface area contributed by atoms with Crippen LogP contribution >= 0.6 is 11.3 Å². The number of hydrogen-bond donors (Lipinski definition) is 2. The molecule has 0 bridgehead atoms. The molecule has 1 aliphatic rings. The topological polar surface area (TPSA) is 110 Å². The van der Waals surface area contributed by atoms with Crippen LogP contribution in [0.3, 0.4) is 0 Å². The number of aromatic amines is 1. The lowest BCUT2D eigenvalue weighted by atomic mass is 10.1. The summed E-state index contributed by atoms with van der Waals surface area (Å²) in [5.74, 6) is 0.381. The lowest BCUT2D eigenvalue weighted by Gasteiger charge is -2.12. The van der Waals surface area contributed by atoms with Gasteiger partial charge in [-0.05, 0) is 31.0 Å². The van der Waals surface area contributed by atoms with E-state index >= 15 is 0 Å². The van der Waals surface area contributed by atoms with Crippen molar-refractivity contribution in [3.05, 3.63) is 50.5 Å². The number of pyridine rings is 1. The van der Waals surface area contributed by atoms with Crippen molar-refractivity contribution in [1.82, 2.24) is 15.1 Å². The van der Waals surface area contributed by atoms with Gasteiger partial charge in [0.05, 0.1) is 18.8 Å². The van der Waals surface area contributed by atoms with Crippen molar-refractivity contribution in [2.75, 3.05) is 11.9 Å². The Morgan fingerprint density at radius 2 is 2.32 bits per heavy atom. The summed E-state index contributed by atoms with van der Waals surface area (Å²) in [6.45, 7) is 2.80. The van der Waals surface area contributed by atoms with Crippen LogP contribution in [-0.4, -0.2) is 27.6 Å². The van der Waals surface area contributed by atoms with E-state index in [-0.39, 0.29) is 5.56 Å². The van der Waals surface area contributed by atoms with Crippen molar-refractivity contribution in [2.45, 2.75) is 20.0 Å². The largest absolute Gasteiger partial charge is 0.376 e. The molecule has 1 amide bonds. The number of aromatic nitrogens is 3. The van der Waals surface area contributed by atoms with E-state index in [0.29, 0.717) is 41.9 Å².